The highest BCUT2D eigenvalue weighted by Crippen LogP contribution is 2.23. The highest BCUT2D eigenvalue weighted by atomic mass is 16.6. The van der Waals surface area contributed by atoms with Crippen molar-refractivity contribution in [2.45, 2.75) is 30.6 Å². The molecule has 0 radical (unpaired) electrons. The predicted octanol–water partition coefficient (Wildman–Crippen LogP) is -1.67. The SMILES string of the molecule is O=N[C@@H]1C(CO)O[C@@H](N=O)C(O)C1O. The molecule has 0 aromatic carbocycles. The molecule has 0 spiro atoms. The van der Waals surface area contributed by atoms with Gasteiger partial charge in [-0.15, -0.1) is 4.91 Å². The summed E-state index contributed by atoms with van der Waals surface area (Å²) in [7, 11) is 0. The van der Waals surface area contributed by atoms with Gasteiger partial charge in [-0.05, 0) is 5.18 Å². The van der Waals surface area contributed by atoms with Crippen molar-refractivity contribution in [2.75, 3.05) is 6.61 Å². The molecule has 8 nitrogen and oxygen atoms in total. The van der Waals surface area contributed by atoms with Crippen LogP contribution < -0.4 is 0 Å². The maximum absolute atomic E-state index is 10.3. The van der Waals surface area contributed by atoms with E-state index in [0.29, 0.717) is 0 Å². The summed E-state index contributed by atoms with van der Waals surface area (Å²) in [5, 5.41) is 32.2. The normalized spacial score (nSPS) is 43.2. The number of aliphatic hydroxyl groups excluding tert-OH is 3. The van der Waals surface area contributed by atoms with Crippen molar-refractivity contribution in [3.8, 4) is 0 Å². The van der Waals surface area contributed by atoms with E-state index >= 15 is 0 Å². The molecule has 1 rings (SSSR count). The Morgan fingerprint density at radius 2 is 1.79 bits per heavy atom. The van der Waals surface area contributed by atoms with Gasteiger partial charge in [-0.2, -0.15) is 4.91 Å². The van der Waals surface area contributed by atoms with Gasteiger partial charge < -0.3 is 20.1 Å². The number of ether oxygens (including phenoxy) is 1. The zero-order chi connectivity index (χ0) is 10.7. The third kappa shape index (κ3) is 1.77. The lowest BCUT2D eigenvalue weighted by Crippen LogP contribution is -2.57. The van der Waals surface area contributed by atoms with Crippen molar-refractivity contribution in [3.63, 3.8) is 0 Å². The molecule has 1 saturated heterocycles. The lowest BCUT2D eigenvalue weighted by atomic mass is 9.97. The maximum atomic E-state index is 10.3. The Hall–Kier alpha value is -0.960. The zero-order valence-electron chi connectivity index (χ0n) is 7.05. The molecule has 1 aliphatic rings. The zero-order valence-corrected chi connectivity index (χ0v) is 7.05. The number of rotatable bonds is 3. The molecule has 1 fully saturated rings. The number of hydrogen-bond donors (Lipinski definition) is 3. The van der Waals surface area contributed by atoms with Gasteiger partial charge in [-0.3, -0.25) is 0 Å². The van der Waals surface area contributed by atoms with E-state index in [1.807, 2.05) is 0 Å². The summed E-state index contributed by atoms with van der Waals surface area (Å²) >= 11 is 0. The first-order valence-electron chi connectivity index (χ1n) is 3.93. The van der Waals surface area contributed by atoms with E-state index in [2.05, 4.69) is 10.4 Å². The summed E-state index contributed by atoms with van der Waals surface area (Å²) in [4.78, 5) is 20.4. The minimum Gasteiger partial charge on any atom is -0.394 e. The highest BCUT2D eigenvalue weighted by Gasteiger charge is 2.46. The molecule has 0 aliphatic carbocycles. The fraction of sp³-hybridized carbons (Fsp3) is 1.00. The second-order valence-corrected chi connectivity index (χ2v) is 2.93. The molecule has 14 heavy (non-hydrogen) atoms. The lowest BCUT2D eigenvalue weighted by molar-refractivity contribution is -0.183. The van der Waals surface area contributed by atoms with Crippen LogP contribution in [0.4, 0.5) is 0 Å². The fourth-order valence-electron chi connectivity index (χ4n) is 1.30. The molecule has 0 aromatic rings. The summed E-state index contributed by atoms with van der Waals surface area (Å²) in [5.74, 6) is 0. The first-order chi connectivity index (χ1) is 6.65. The molecule has 1 heterocycles. The van der Waals surface area contributed by atoms with Crippen LogP contribution in [0.1, 0.15) is 0 Å². The molecular weight excluding hydrogens is 196 g/mol. The quantitative estimate of drug-likeness (QED) is 0.473. The molecule has 0 bridgehead atoms. The summed E-state index contributed by atoms with van der Waals surface area (Å²) in [6.07, 6.45) is -5.76. The molecule has 3 unspecified atom stereocenters. The van der Waals surface area contributed by atoms with E-state index in [-0.39, 0.29) is 0 Å². The fourth-order valence-corrected chi connectivity index (χ4v) is 1.30. The van der Waals surface area contributed by atoms with Crippen LogP contribution in [0, 0.1) is 9.81 Å². The molecule has 0 amide bonds. The Bertz CT molecular complexity index is 222. The van der Waals surface area contributed by atoms with E-state index in [1.54, 1.807) is 0 Å². The summed E-state index contributed by atoms with van der Waals surface area (Å²) < 4.78 is 4.74. The minimum absolute atomic E-state index is 0.591. The number of hydrogen-bond acceptors (Lipinski definition) is 8. The monoisotopic (exact) mass is 206 g/mol. The van der Waals surface area contributed by atoms with E-state index in [1.165, 1.54) is 0 Å². The van der Waals surface area contributed by atoms with Gasteiger partial charge in [0.05, 0.1) is 6.61 Å². The molecule has 5 atom stereocenters. The topological polar surface area (TPSA) is 129 Å². The first-order valence-corrected chi connectivity index (χ1v) is 3.93. The molecule has 0 saturated carbocycles. The van der Waals surface area contributed by atoms with E-state index < -0.39 is 37.2 Å². The Balaban J connectivity index is 2.81. The number of nitrogens with zero attached hydrogens (tertiary/aromatic N) is 2. The van der Waals surface area contributed by atoms with Crippen molar-refractivity contribution >= 4 is 0 Å². The highest BCUT2D eigenvalue weighted by molar-refractivity contribution is 4.95. The van der Waals surface area contributed by atoms with Gasteiger partial charge in [-0.1, -0.05) is 5.18 Å². The number of nitroso groups, excluding NO2 is 2. The van der Waals surface area contributed by atoms with Crippen LogP contribution >= 0.6 is 0 Å². The molecule has 1 aliphatic heterocycles. The van der Waals surface area contributed by atoms with Gasteiger partial charge in [0.1, 0.15) is 24.4 Å². The van der Waals surface area contributed by atoms with Crippen LogP contribution in [-0.4, -0.2) is 52.5 Å². The molecule has 3 N–H and O–H groups in total. The van der Waals surface area contributed by atoms with Crippen LogP contribution in [0.2, 0.25) is 0 Å². The Morgan fingerprint density at radius 3 is 2.21 bits per heavy atom. The maximum Gasteiger partial charge on any atom is 0.218 e. The lowest BCUT2D eigenvalue weighted by Gasteiger charge is -2.35. The van der Waals surface area contributed by atoms with Crippen molar-refractivity contribution in [2.24, 2.45) is 10.4 Å². The summed E-state index contributed by atoms with van der Waals surface area (Å²) in [6.45, 7) is -0.591. The van der Waals surface area contributed by atoms with Crippen molar-refractivity contribution in [3.05, 3.63) is 9.81 Å². The molecule has 0 aromatic heterocycles. The van der Waals surface area contributed by atoms with E-state index in [4.69, 9.17) is 9.84 Å². The smallest absolute Gasteiger partial charge is 0.218 e. The van der Waals surface area contributed by atoms with Crippen LogP contribution in [0.5, 0.6) is 0 Å². The van der Waals surface area contributed by atoms with Crippen LogP contribution in [0.15, 0.2) is 10.4 Å². The van der Waals surface area contributed by atoms with Gasteiger partial charge >= 0.3 is 0 Å². The standard InChI is InChI=1S/C6H10N2O6/c9-1-2-3(7-12)4(10)5(11)6(8-13)14-2/h2-6,9-11H,1H2/t2?,3-,4?,5?,6-/m1/s1. The van der Waals surface area contributed by atoms with Crippen molar-refractivity contribution in [1.29, 1.82) is 0 Å². The largest absolute Gasteiger partial charge is 0.394 e. The van der Waals surface area contributed by atoms with Crippen LogP contribution in [0.25, 0.3) is 0 Å². The second-order valence-electron chi connectivity index (χ2n) is 2.93. The Labute approximate surface area is 78.4 Å². The Kier molecular flexibility index (Phi) is 3.58. The first kappa shape index (κ1) is 11.1. The second kappa shape index (κ2) is 4.51. The Morgan fingerprint density at radius 1 is 1.14 bits per heavy atom. The average Bonchev–Trinajstić information content (AvgIpc) is 2.21. The van der Waals surface area contributed by atoms with E-state index in [0.717, 1.165) is 0 Å². The number of aliphatic hydroxyl groups is 3. The van der Waals surface area contributed by atoms with Gasteiger partial charge in [0, 0.05) is 0 Å². The predicted molar refractivity (Wildman–Crippen MR) is 43.1 cm³/mol. The third-order valence-electron chi connectivity index (χ3n) is 2.09. The molecule has 80 valence electrons. The van der Waals surface area contributed by atoms with Gasteiger partial charge in [0.15, 0.2) is 0 Å². The summed E-state index contributed by atoms with van der Waals surface area (Å²) in [6, 6.07) is -1.30. The van der Waals surface area contributed by atoms with Crippen molar-refractivity contribution < 1.29 is 20.1 Å². The van der Waals surface area contributed by atoms with Gasteiger partial charge in [0.25, 0.3) is 0 Å². The molecular formula is C6H10N2O6. The minimum atomic E-state index is -1.60. The third-order valence-corrected chi connectivity index (χ3v) is 2.09. The van der Waals surface area contributed by atoms with Crippen molar-refractivity contribution in [1.82, 2.24) is 0 Å². The summed E-state index contributed by atoms with van der Waals surface area (Å²) in [5.41, 5.74) is 0. The van der Waals surface area contributed by atoms with Gasteiger partial charge in [0.2, 0.25) is 6.23 Å². The van der Waals surface area contributed by atoms with Crippen LogP contribution in [-0.2, 0) is 4.74 Å². The van der Waals surface area contributed by atoms with Gasteiger partial charge in [-0.25, -0.2) is 0 Å². The van der Waals surface area contributed by atoms with E-state index in [9.17, 15) is 20.0 Å². The van der Waals surface area contributed by atoms with Crippen LogP contribution in [0.3, 0.4) is 0 Å². The average molecular weight is 206 g/mol. The molecule has 8 heteroatoms.